The van der Waals surface area contributed by atoms with E-state index in [9.17, 15) is 4.79 Å². The standard InChI is InChI=1S/C15H17NO3/c1-10-7-13(8-11-5-6-16-15(10)11)19-14(17)9-18-12-3-2-4-12/h5-8,12,16H,2-4,9H2,1H3. The summed E-state index contributed by atoms with van der Waals surface area (Å²) < 4.78 is 10.7. The molecule has 3 rings (SSSR count). The van der Waals surface area contributed by atoms with E-state index in [0.29, 0.717) is 5.75 Å². The van der Waals surface area contributed by atoms with Crippen LogP contribution in [0.1, 0.15) is 24.8 Å². The first-order chi connectivity index (χ1) is 9.22. The monoisotopic (exact) mass is 259 g/mol. The molecule has 1 aromatic carbocycles. The summed E-state index contributed by atoms with van der Waals surface area (Å²) in [6.07, 6.45) is 5.44. The van der Waals surface area contributed by atoms with Gasteiger partial charge < -0.3 is 14.5 Å². The van der Waals surface area contributed by atoms with E-state index in [2.05, 4.69) is 4.98 Å². The Kier molecular flexibility index (Phi) is 3.25. The first-order valence-electron chi connectivity index (χ1n) is 6.62. The molecule has 0 saturated heterocycles. The van der Waals surface area contributed by atoms with Crippen LogP contribution in [0.2, 0.25) is 0 Å². The molecule has 0 unspecified atom stereocenters. The summed E-state index contributed by atoms with van der Waals surface area (Å²) in [4.78, 5) is 14.8. The largest absolute Gasteiger partial charge is 0.425 e. The minimum atomic E-state index is -0.332. The van der Waals surface area contributed by atoms with Gasteiger partial charge in [-0.25, -0.2) is 4.79 Å². The van der Waals surface area contributed by atoms with Gasteiger partial charge in [-0.2, -0.15) is 0 Å². The van der Waals surface area contributed by atoms with Crippen molar-refractivity contribution in [1.82, 2.24) is 4.98 Å². The molecule has 4 heteroatoms. The van der Waals surface area contributed by atoms with Crippen LogP contribution < -0.4 is 4.74 Å². The Morgan fingerprint density at radius 1 is 1.42 bits per heavy atom. The van der Waals surface area contributed by atoms with Gasteiger partial charge >= 0.3 is 5.97 Å². The third-order valence-electron chi connectivity index (χ3n) is 3.55. The normalized spacial score (nSPS) is 15.4. The summed E-state index contributed by atoms with van der Waals surface area (Å²) in [6.45, 7) is 2.02. The highest BCUT2D eigenvalue weighted by Gasteiger charge is 2.19. The van der Waals surface area contributed by atoms with Crippen LogP contribution in [0.3, 0.4) is 0 Å². The number of H-pyrrole nitrogens is 1. The molecule has 1 saturated carbocycles. The summed E-state index contributed by atoms with van der Waals surface area (Å²) in [5.41, 5.74) is 2.13. The maximum Gasteiger partial charge on any atom is 0.337 e. The van der Waals surface area contributed by atoms with Crippen molar-refractivity contribution in [3.8, 4) is 5.75 Å². The average molecular weight is 259 g/mol. The summed E-state index contributed by atoms with van der Waals surface area (Å²) in [6, 6.07) is 5.69. The van der Waals surface area contributed by atoms with Crippen LogP contribution >= 0.6 is 0 Å². The minimum absolute atomic E-state index is 0.0366. The Labute approximate surface area is 111 Å². The van der Waals surface area contributed by atoms with Crippen molar-refractivity contribution >= 4 is 16.9 Å². The third kappa shape index (κ3) is 2.63. The van der Waals surface area contributed by atoms with Gasteiger partial charge in [-0.1, -0.05) is 0 Å². The molecule has 1 aliphatic rings. The van der Waals surface area contributed by atoms with E-state index in [1.165, 1.54) is 6.42 Å². The topological polar surface area (TPSA) is 51.3 Å². The zero-order valence-corrected chi connectivity index (χ0v) is 10.9. The second kappa shape index (κ2) is 5.05. The lowest BCUT2D eigenvalue weighted by molar-refractivity contribution is -0.143. The van der Waals surface area contributed by atoms with E-state index >= 15 is 0 Å². The van der Waals surface area contributed by atoms with Gasteiger partial charge in [0.2, 0.25) is 0 Å². The lowest BCUT2D eigenvalue weighted by atomic mass is 9.96. The van der Waals surface area contributed by atoms with Gasteiger partial charge in [0.15, 0.2) is 0 Å². The van der Waals surface area contributed by atoms with Crippen molar-refractivity contribution in [3.63, 3.8) is 0 Å². The molecule has 1 N–H and O–H groups in total. The molecule has 0 bridgehead atoms. The number of hydrogen-bond donors (Lipinski definition) is 1. The molecule has 1 heterocycles. The fourth-order valence-corrected chi connectivity index (χ4v) is 2.27. The number of rotatable bonds is 4. The first-order valence-corrected chi connectivity index (χ1v) is 6.62. The van der Waals surface area contributed by atoms with E-state index < -0.39 is 0 Å². The van der Waals surface area contributed by atoms with Crippen molar-refractivity contribution in [3.05, 3.63) is 30.0 Å². The van der Waals surface area contributed by atoms with Crippen molar-refractivity contribution in [1.29, 1.82) is 0 Å². The Morgan fingerprint density at radius 3 is 3.00 bits per heavy atom. The number of fused-ring (bicyclic) bond motifs is 1. The first kappa shape index (κ1) is 12.2. The zero-order valence-electron chi connectivity index (χ0n) is 10.9. The van der Waals surface area contributed by atoms with Crippen molar-refractivity contribution in [2.45, 2.75) is 32.3 Å². The number of esters is 1. The molecule has 0 radical (unpaired) electrons. The maximum atomic E-state index is 11.7. The quantitative estimate of drug-likeness (QED) is 0.678. The number of carbonyl (C=O) groups excluding carboxylic acids is 1. The number of benzene rings is 1. The number of hydrogen-bond acceptors (Lipinski definition) is 3. The SMILES string of the molecule is Cc1cc(OC(=O)COC2CCC2)cc2cc[nH]c12. The summed E-state index contributed by atoms with van der Waals surface area (Å²) >= 11 is 0. The predicted molar refractivity (Wildman–Crippen MR) is 72.3 cm³/mol. The molecule has 4 nitrogen and oxygen atoms in total. The molecule has 0 aliphatic heterocycles. The molecule has 19 heavy (non-hydrogen) atoms. The Hall–Kier alpha value is -1.81. The Morgan fingerprint density at radius 2 is 2.26 bits per heavy atom. The van der Waals surface area contributed by atoms with Crippen LogP contribution in [-0.4, -0.2) is 23.7 Å². The van der Waals surface area contributed by atoms with Crippen LogP contribution in [0.4, 0.5) is 0 Å². The van der Waals surface area contributed by atoms with E-state index in [1.54, 1.807) is 0 Å². The van der Waals surface area contributed by atoms with E-state index in [0.717, 1.165) is 29.3 Å². The second-order valence-corrected chi connectivity index (χ2v) is 5.02. The van der Waals surface area contributed by atoms with Gasteiger partial charge in [-0.15, -0.1) is 0 Å². The summed E-state index contributed by atoms with van der Waals surface area (Å²) in [5, 5.41) is 1.04. The van der Waals surface area contributed by atoms with Gasteiger partial charge in [0, 0.05) is 17.1 Å². The Balaban J connectivity index is 1.64. The zero-order chi connectivity index (χ0) is 13.2. The maximum absolute atomic E-state index is 11.7. The van der Waals surface area contributed by atoms with Crippen molar-refractivity contribution in [2.75, 3.05) is 6.61 Å². The van der Waals surface area contributed by atoms with Crippen LogP contribution in [0, 0.1) is 6.92 Å². The molecule has 0 atom stereocenters. The molecule has 0 amide bonds. The summed E-state index contributed by atoms with van der Waals surface area (Å²) in [5.74, 6) is 0.244. The van der Waals surface area contributed by atoms with Crippen LogP contribution in [0.5, 0.6) is 5.75 Å². The number of nitrogens with one attached hydrogen (secondary N) is 1. The highest BCUT2D eigenvalue weighted by atomic mass is 16.6. The highest BCUT2D eigenvalue weighted by molar-refractivity contribution is 5.85. The van der Waals surface area contributed by atoms with Gasteiger partial charge in [-0.3, -0.25) is 0 Å². The van der Waals surface area contributed by atoms with Crippen LogP contribution in [0.25, 0.3) is 10.9 Å². The minimum Gasteiger partial charge on any atom is -0.425 e. The lowest BCUT2D eigenvalue weighted by Gasteiger charge is -2.24. The van der Waals surface area contributed by atoms with E-state index in [4.69, 9.17) is 9.47 Å². The second-order valence-electron chi connectivity index (χ2n) is 5.02. The van der Waals surface area contributed by atoms with Crippen molar-refractivity contribution < 1.29 is 14.3 Å². The fourth-order valence-electron chi connectivity index (χ4n) is 2.27. The number of aryl methyl sites for hydroxylation is 1. The molecular weight excluding hydrogens is 242 g/mol. The average Bonchev–Trinajstić information content (AvgIpc) is 2.75. The molecule has 2 aromatic rings. The van der Waals surface area contributed by atoms with Gasteiger partial charge in [0.1, 0.15) is 12.4 Å². The summed E-state index contributed by atoms with van der Waals surface area (Å²) in [7, 11) is 0. The Bertz CT molecular complexity index is 598. The van der Waals surface area contributed by atoms with Crippen LogP contribution in [-0.2, 0) is 9.53 Å². The van der Waals surface area contributed by atoms with E-state index in [-0.39, 0.29) is 18.7 Å². The van der Waals surface area contributed by atoms with Gasteiger partial charge in [0.25, 0.3) is 0 Å². The number of aromatic nitrogens is 1. The number of carbonyl (C=O) groups is 1. The molecular formula is C15H17NO3. The molecule has 0 spiro atoms. The highest BCUT2D eigenvalue weighted by Crippen LogP contribution is 2.24. The molecule has 1 fully saturated rings. The smallest absolute Gasteiger partial charge is 0.337 e. The third-order valence-corrected chi connectivity index (χ3v) is 3.55. The fraction of sp³-hybridized carbons (Fsp3) is 0.400. The lowest BCUT2D eigenvalue weighted by Crippen LogP contribution is -2.26. The van der Waals surface area contributed by atoms with E-state index in [1.807, 2.05) is 31.3 Å². The molecule has 1 aromatic heterocycles. The predicted octanol–water partition coefficient (Wildman–Crippen LogP) is 2.95. The molecule has 1 aliphatic carbocycles. The van der Waals surface area contributed by atoms with Crippen molar-refractivity contribution in [2.24, 2.45) is 0 Å². The molecule has 100 valence electrons. The van der Waals surface area contributed by atoms with Gasteiger partial charge in [-0.05, 0) is 49.9 Å². The van der Waals surface area contributed by atoms with Gasteiger partial charge in [0.05, 0.1) is 6.10 Å². The van der Waals surface area contributed by atoms with Crippen LogP contribution in [0.15, 0.2) is 24.4 Å². The number of aromatic amines is 1. The number of ether oxygens (including phenoxy) is 2.